The van der Waals surface area contributed by atoms with Crippen molar-refractivity contribution >= 4 is 28.3 Å². The first-order chi connectivity index (χ1) is 9.89. The maximum Gasteiger partial charge on any atom is 0.273 e. The van der Waals surface area contributed by atoms with Gasteiger partial charge in [0.2, 0.25) is 5.09 Å². The zero-order chi connectivity index (χ0) is 15.6. The van der Waals surface area contributed by atoms with E-state index in [4.69, 9.17) is 10.2 Å². The number of hydrogen-bond acceptors (Lipinski definition) is 5. The van der Waals surface area contributed by atoms with Crippen molar-refractivity contribution in [3.63, 3.8) is 0 Å². The number of sulfonamides is 1. The van der Waals surface area contributed by atoms with Crippen molar-refractivity contribution in [1.29, 1.82) is 0 Å². The van der Waals surface area contributed by atoms with Crippen molar-refractivity contribution in [1.82, 2.24) is 9.62 Å². The van der Waals surface area contributed by atoms with Crippen LogP contribution in [0.5, 0.6) is 0 Å². The van der Waals surface area contributed by atoms with Gasteiger partial charge in [-0.15, -0.1) is 12.4 Å². The molecule has 0 aliphatic carbocycles. The molecule has 1 fully saturated rings. The third-order valence-corrected chi connectivity index (χ3v) is 5.16. The number of amides is 1. The molecule has 7 nitrogen and oxygen atoms in total. The summed E-state index contributed by atoms with van der Waals surface area (Å²) in [5.41, 5.74) is 5.94. The predicted octanol–water partition coefficient (Wildman–Crippen LogP) is 0.729. The minimum absolute atomic E-state index is 0. The Hall–Kier alpha value is -1.09. The van der Waals surface area contributed by atoms with Gasteiger partial charge in [0.05, 0.1) is 5.56 Å². The fraction of sp³-hybridized carbons (Fsp3) is 0.615. The molecule has 1 aliphatic rings. The first kappa shape index (κ1) is 19.0. The molecule has 2 heterocycles. The lowest BCUT2D eigenvalue weighted by atomic mass is 9.96. The van der Waals surface area contributed by atoms with E-state index < -0.39 is 10.0 Å². The second-order valence-electron chi connectivity index (χ2n) is 5.21. The van der Waals surface area contributed by atoms with E-state index in [2.05, 4.69) is 4.72 Å². The van der Waals surface area contributed by atoms with Gasteiger partial charge in [0.1, 0.15) is 5.76 Å². The fourth-order valence-electron chi connectivity index (χ4n) is 2.44. The zero-order valence-electron chi connectivity index (χ0n) is 12.7. The molecular weight excluding hydrogens is 330 g/mol. The van der Waals surface area contributed by atoms with Gasteiger partial charge in [-0.05, 0) is 39.3 Å². The first-order valence-electron chi connectivity index (χ1n) is 6.92. The number of nitrogens with zero attached hydrogens (tertiary/aromatic N) is 1. The molecule has 0 atom stereocenters. The van der Waals surface area contributed by atoms with E-state index in [0.29, 0.717) is 36.9 Å². The van der Waals surface area contributed by atoms with Crippen LogP contribution >= 0.6 is 12.4 Å². The number of halogens is 1. The Morgan fingerprint density at radius 3 is 2.55 bits per heavy atom. The van der Waals surface area contributed by atoms with Crippen molar-refractivity contribution in [2.75, 3.05) is 26.7 Å². The molecule has 0 saturated carbocycles. The molecule has 1 saturated heterocycles. The molecule has 1 aliphatic heterocycles. The average Bonchev–Trinajstić information content (AvgIpc) is 2.89. The van der Waals surface area contributed by atoms with Crippen LogP contribution in [0.2, 0.25) is 0 Å². The highest BCUT2D eigenvalue weighted by Crippen LogP contribution is 2.23. The summed E-state index contributed by atoms with van der Waals surface area (Å²) in [5.74, 6) is 0.582. The number of piperidine rings is 1. The molecule has 0 bridgehead atoms. The molecule has 126 valence electrons. The van der Waals surface area contributed by atoms with Crippen LogP contribution < -0.4 is 10.5 Å². The summed E-state index contributed by atoms with van der Waals surface area (Å²) < 4.78 is 30.8. The maximum absolute atomic E-state index is 12.5. The number of furan rings is 1. The molecule has 1 amide bonds. The Bertz CT molecular complexity index is 621. The summed E-state index contributed by atoms with van der Waals surface area (Å²) in [6.45, 7) is 3.50. The Morgan fingerprint density at radius 2 is 2.05 bits per heavy atom. The number of nitrogens with two attached hydrogens (primary N) is 1. The van der Waals surface area contributed by atoms with Crippen LogP contribution in [0.4, 0.5) is 0 Å². The van der Waals surface area contributed by atoms with Gasteiger partial charge in [-0.2, -0.15) is 0 Å². The van der Waals surface area contributed by atoms with Crippen LogP contribution in [0, 0.1) is 12.8 Å². The molecule has 1 aromatic heterocycles. The van der Waals surface area contributed by atoms with Crippen LogP contribution in [0.25, 0.3) is 0 Å². The fourth-order valence-corrected chi connectivity index (χ4v) is 3.15. The van der Waals surface area contributed by atoms with Gasteiger partial charge in [-0.1, -0.05) is 0 Å². The van der Waals surface area contributed by atoms with Crippen LogP contribution in [-0.4, -0.2) is 45.9 Å². The van der Waals surface area contributed by atoms with E-state index in [9.17, 15) is 13.2 Å². The van der Waals surface area contributed by atoms with Gasteiger partial charge < -0.3 is 15.1 Å². The lowest BCUT2D eigenvalue weighted by molar-refractivity contribution is 0.0691. The molecule has 0 unspecified atom stereocenters. The largest absolute Gasteiger partial charge is 0.448 e. The lowest BCUT2D eigenvalue weighted by Gasteiger charge is -2.31. The highest BCUT2D eigenvalue weighted by Gasteiger charge is 2.28. The van der Waals surface area contributed by atoms with Crippen molar-refractivity contribution in [2.24, 2.45) is 11.7 Å². The smallest absolute Gasteiger partial charge is 0.273 e. The van der Waals surface area contributed by atoms with E-state index in [-0.39, 0.29) is 23.4 Å². The minimum Gasteiger partial charge on any atom is -0.448 e. The van der Waals surface area contributed by atoms with Gasteiger partial charge in [-0.25, -0.2) is 13.1 Å². The number of carbonyl (C=O) groups excluding carboxylic acids is 1. The van der Waals surface area contributed by atoms with Crippen LogP contribution in [0.1, 0.15) is 29.0 Å². The predicted molar refractivity (Wildman–Crippen MR) is 84.6 cm³/mol. The Kier molecular flexibility index (Phi) is 6.42. The van der Waals surface area contributed by atoms with Crippen molar-refractivity contribution in [3.05, 3.63) is 17.4 Å². The first-order valence-corrected chi connectivity index (χ1v) is 8.40. The van der Waals surface area contributed by atoms with E-state index in [1.807, 2.05) is 0 Å². The topological polar surface area (TPSA) is 106 Å². The number of aryl methyl sites for hydroxylation is 1. The second-order valence-corrected chi connectivity index (χ2v) is 7.03. The molecule has 9 heteroatoms. The van der Waals surface area contributed by atoms with Crippen LogP contribution in [-0.2, 0) is 10.0 Å². The van der Waals surface area contributed by atoms with Gasteiger partial charge in [0.25, 0.3) is 15.9 Å². The zero-order valence-corrected chi connectivity index (χ0v) is 14.3. The quantitative estimate of drug-likeness (QED) is 0.831. The van der Waals surface area contributed by atoms with Crippen molar-refractivity contribution < 1.29 is 17.6 Å². The summed E-state index contributed by atoms with van der Waals surface area (Å²) in [4.78, 5) is 14.2. The molecular formula is C13H22ClN3O4S. The van der Waals surface area contributed by atoms with E-state index >= 15 is 0 Å². The lowest BCUT2D eigenvalue weighted by Crippen LogP contribution is -2.40. The van der Waals surface area contributed by atoms with Crippen molar-refractivity contribution in [3.8, 4) is 0 Å². The van der Waals surface area contributed by atoms with Crippen LogP contribution in [0.3, 0.4) is 0 Å². The minimum atomic E-state index is -3.68. The third kappa shape index (κ3) is 3.81. The standard InChI is InChI=1S/C13H21N3O4S.ClH/c1-9-11(7-12(20-9)21(18,19)15-2)13(17)16-5-3-10(8-14)4-6-16;/h7,10,15H,3-6,8,14H2,1-2H3;1H. The molecule has 3 N–H and O–H groups in total. The summed E-state index contributed by atoms with van der Waals surface area (Å²) >= 11 is 0. The van der Waals surface area contributed by atoms with Crippen LogP contribution in [0.15, 0.2) is 15.6 Å². The Morgan fingerprint density at radius 1 is 1.45 bits per heavy atom. The number of nitrogens with one attached hydrogen (secondary N) is 1. The molecule has 1 aromatic rings. The number of carbonyl (C=O) groups is 1. The molecule has 0 aromatic carbocycles. The van der Waals surface area contributed by atoms with E-state index in [1.54, 1.807) is 11.8 Å². The Balaban J connectivity index is 0.00000242. The SMILES string of the molecule is CNS(=O)(=O)c1cc(C(=O)N2CCC(CN)CC2)c(C)o1.Cl. The molecule has 0 radical (unpaired) electrons. The van der Waals surface area contributed by atoms with Gasteiger partial charge in [-0.3, -0.25) is 4.79 Å². The number of likely N-dealkylation sites (tertiary alicyclic amines) is 1. The Labute approximate surface area is 136 Å². The summed E-state index contributed by atoms with van der Waals surface area (Å²) in [5, 5.41) is -0.234. The van der Waals surface area contributed by atoms with Gasteiger partial charge in [0, 0.05) is 19.2 Å². The number of rotatable bonds is 4. The average molecular weight is 352 g/mol. The summed E-state index contributed by atoms with van der Waals surface area (Å²) in [6, 6.07) is 1.29. The third-order valence-electron chi connectivity index (χ3n) is 3.89. The maximum atomic E-state index is 12.5. The van der Waals surface area contributed by atoms with Crippen molar-refractivity contribution in [2.45, 2.75) is 24.9 Å². The highest BCUT2D eigenvalue weighted by atomic mass is 35.5. The number of hydrogen-bond donors (Lipinski definition) is 2. The highest BCUT2D eigenvalue weighted by molar-refractivity contribution is 7.89. The normalized spacial score (nSPS) is 16.4. The second kappa shape index (κ2) is 7.45. The summed E-state index contributed by atoms with van der Waals surface area (Å²) in [7, 11) is -2.38. The summed E-state index contributed by atoms with van der Waals surface area (Å²) in [6.07, 6.45) is 1.75. The van der Waals surface area contributed by atoms with Gasteiger partial charge in [0.15, 0.2) is 0 Å². The molecule has 22 heavy (non-hydrogen) atoms. The molecule has 2 rings (SSSR count). The monoisotopic (exact) mass is 351 g/mol. The van der Waals surface area contributed by atoms with Gasteiger partial charge >= 0.3 is 0 Å². The molecule has 0 spiro atoms. The van der Waals surface area contributed by atoms with E-state index in [1.165, 1.54) is 13.1 Å². The van der Waals surface area contributed by atoms with E-state index in [0.717, 1.165) is 12.8 Å².